The van der Waals surface area contributed by atoms with Crippen LogP contribution in [0.4, 0.5) is 0 Å². The summed E-state index contributed by atoms with van der Waals surface area (Å²) in [7, 11) is 1.65. The molecule has 0 amide bonds. The summed E-state index contributed by atoms with van der Waals surface area (Å²) in [5, 5.41) is 18.5. The summed E-state index contributed by atoms with van der Waals surface area (Å²) in [5.41, 5.74) is 1.89. The predicted molar refractivity (Wildman–Crippen MR) is 113 cm³/mol. The number of ether oxygens (including phenoxy) is 1. The second-order valence-electron chi connectivity index (χ2n) is 5.38. The van der Waals surface area contributed by atoms with E-state index in [2.05, 4.69) is 23.7 Å². The molecule has 0 atom stereocenters. The molecule has 0 fully saturated rings. The van der Waals surface area contributed by atoms with E-state index >= 15 is 0 Å². The third-order valence-electron chi connectivity index (χ3n) is 3.48. The van der Waals surface area contributed by atoms with Crippen molar-refractivity contribution in [1.29, 1.82) is 10.5 Å². The molecule has 0 radical (unpaired) electrons. The minimum absolute atomic E-state index is 0.0825. The summed E-state index contributed by atoms with van der Waals surface area (Å²) in [6.45, 7) is 0. The van der Waals surface area contributed by atoms with Crippen LogP contribution in [0.5, 0.6) is 5.06 Å². The fraction of sp³-hybridized carbons (Fsp3) is 0.0435. The summed E-state index contributed by atoms with van der Waals surface area (Å²) >= 11 is 2.95. The molecule has 1 aromatic carbocycles. The predicted octanol–water partition coefficient (Wildman–Crippen LogP) is 5.05. The first kappa shape index (κ1) is 19.0. The fourth-order valence-corrected chi connectivity index (χ4v) is 3.61. The van der Waals surface area contributed by atoms with Gasteiger partial charge in [0.15, 0.2) is 5.06 Å². The van der Waals surface area contributed by atoms with Gasteiger partial charge in [0.25, 0.3) is 0 Å². The lowest BCUT2D eigenvalue weighted by Gasteiger charge is -1.91. The first-order valence-electron chi connectivity index (χ1n) is 8.10. The van der Waals surface area contributed by atoms with E-state index in [1.807, 2.05) is 60.7 Å². The number of allylic oxidation sites excluding steroid dienone is 1. The fourth-order valence-electron chi connectivity index (χ4n) is 2.13. The molecule has 0 aliphatic heterocycles. The number of methoxy groups -OCH3 is 1. The minimum Gasteiger partial charge on any atom is -0.487 e. The Kier molecular flexibility index (Phi) is 6.30. The molecule has 28 heavy (non-hydrogen) atoms. The smallest absolute Gasteiger partial charge is 0.174 e. The minimum atomic E-state index is 0.0825. The second-order valence-corrected chi connectivity index (χ2v) is 7.55. The summed E-state index contributed by atoms with van der Waals surface area (Å²) in [4.78, 5) is 2.66. The Bertz CT molecular complexity index is 1210. The highest BCUT2D eigenvalue weighted by Gasteiger charge is 1.98. The standard InChI is InChI=1S/C23H12N2OS2/c1-26-23-13-12-21(28-23)9-7-18-4-2-17(3-5-18)6-8-20-10-11-22(27-20)14-19(15-24)16-25/h2-5,10-14H,1H3. The first-order valence-corrected chi connectivity index (χ1v) is 9.73. The van der Waals surface area contributed by atoms with Crippen molar-refractivity contribution in [3.05, 3.63) is 79.9 Å². The third-order valence-corrected chi connectivity index (χ3v) is 5.39. The molecular weight excluding hydrogens is 384 g/mol. The average Bonchev–Trinajstić information content (AvgIpc) is 3.39. The van der Waals surface area contributed by atoms with E-state index in [9.17, 15) is 0 Å². The van der Waals surface area contributed by atoms with Gasteiger partial charge >= 0.3 is 0 Å². The van der Waals surface area contributed by atoms with Crippen molar-refractivity contribution in [3.8, 4) is 40.9 Å². The lowest BCUT2D eigenvalue weighted by atomic mass is 10.1. The number of benzene rings is 1. The van der Waals surface area contributed by atoms with Crippen LogP contribution in [0.2, 0.25) is 0 Å². The number of nitrogens with zero attached hydrogens (tertiary/aromatic N) is 2. The number of hydrogen-bond acceptors (Lipinski definition) is 5. The summed E-state index contributed by atoms with van der Waals surface area (Å²) in [6.07, 6.45) is 1.56. The molecule has 0 aliphatic carbocycles. The van der Waals surface area contributed by atoms with Crippen molar-refractivity contribution in [2.24, 2.45) is 0 Å². The second kappa shape index (κ2) is 9.27. The molecular formula is C23H12N2OS2. The molecule has 5 heteroatoms. The summed E-state index contributed by atoms with van der Waals surface area (Å²) in [5.74, 6) is 12.5. The Morgan fingerprint density at radius 2 is 1.36 bits per heavy atom. The van der Waals surface area contributed by atoms with Crippen molar-refractivity contribution < 1.29 is 4.74 Å². The Labute approximate surface area is 171 Å². The Morgan fingerprint density at radius 1 is 0.786 bits per heavy atom. The van der Waals surface area contributed by atoms with E-state index in [-0.39, 0.29) is 5.57 Å². The van der Waals surface area contributed by atoms with Crippen molar-refractivity contribution in [2.75, 3.05) is 7.11 Å². The number of hydrogen-bond donors (Lipinski definition) is 0. The molecule has 0 saturated heterocycles. The average molecular weight is 396 g/mol. The molecule has 0 bridgehead atoms. The van der Waals surface area contributed by atoms with Crippen molar-refractivity contribution in [3.63, 3.8) is 0 Å². The largest absolute Gasteiger partial charge is 0.487 e. The van der Waals surface area contributed by atoms with Gasteiger partial charge in [0.05, 0.1) is 16.9 Å². The monoisotopic (exact) mass is 396 g/mol. The Balaban J connectivity index is 1.69. The first-order chi connectivity index (χ1) is 13.7. The van der Waals surface area contributed by atoms with Crippen LogP contribution in [0.1, 0.15) is 25.8 Å². The molecule has 132 valence electrons. The van der Waals surface area contributed by atoms with E-state index in [4.69, 9.17) is 15.3 Å². The summed E-state index contributed by atoms with van der Waals surface area (Å²) in [6, 6.07) is 19.0. The zero-order chi connectivity index (χ0) is 19.8. The SMILES string of the molecule is COc1ccc(C#Cc2ccc(C#Cc3ccc(C=C(C#N)C#N)s3)cc2)s1. The van der Waals surface area contributed by atoms with Gasteiger partial charge in [-0.15, -0.1) is 11.3 Å². The lowest BCUT2D eigenvalue weighted by Crippen LogP contribution is -1.77. The highest BCUT2D eigenvalue weighted by molar-refractivity contribution is 7.14. The Morgan fingerprint density at radius 3 is 1.89 bits per heavy atom. The van der Waals surface area contributed by atoms with E-state index < -0.39 is 0 Å². The van der Waals surface area contributed by atoms with Gasteiger partial charge < -0.3 is 4.74 Å². The zero-order valence-corrected chi connectivity index (χ0v) is 16.4. The van der Waals surface area contributed by atoms with Crippen LogP contribution in [-0.4, -0.2) is 7.11 Å². The van der Waals surface area contributed by atoms with Crippen LogP contribution in [0.15, 0.2) is 54.1 Å². The number of nitriles is 2. The maximum Gasteiger partial charge on any atom is 0.174 e. The highest BCUT2D eigenvalue weighted by atomic mass is 32.1. The van der Waals surface area contributed by atoms with E-state index in [0.29, 0.717) is 0 Å². The van der Waals surface area contributed by atoms with Crippen molar-refractivity contribution in [1.82, 2.24) is 0 Å². The summed E-state index contributed by atoms with van der Waals surface area (Å²) < 4.78 is 5.16. The molecule has 0 N–H and O–H groups in total. The van der Waals surface area contributed by atoms with Gasteiger partial charge in [-0.1, -0.05) is 35.0 Å². The van der Waals surface area contributed by atoms with Crippen LogP contribution in [-0.2, 0) is 0 Å². The van der Waals surface area contributed by atoms with Gasteiger partial charge in [0, 0.05) is 16.0 Å². The number of thiophene rings is 2. The zero-order valence-electron chi connectivity index (χ0n) is 14.8. The van der Waals surface area contributed by atoms with E-state index in [1.165, 1.54) is 22.7 Å². The van der Waals surface area contributed by atoms with Gasteiger partial charge in [0.2, 0.25) is 0 Å². The molecule has 3 rings (SSSR count). The van der Waals surface area contributed by atoms with E-state index in [1.54, 1.807) is 13.2 Å². The molecule has 0 unspecified atom stereocenters. The van der Waals surface area contributed by atoms with Crippen LogP contribution in [0, 0.1) is 46.3 Å². The molecule has 3 nitrogen and oxygen atoms in total. The molecule has 0 aliphatic rings. The van der Waals surface area contributed by atoms with Crippen molar-refractivity contribution >= 4 is 28.7 Å². The van der Waals surface area contributed by atoms with Gasteiger partial charge in [-0.25, -0.2) is 0 Å². The van der Waals surface area contributed by atoms with Gasteiger partial charge in [0.1, 0.15) is 17.7 Å². The van der Waals surface area contributed by atoms with Crippen molar-refractivity contribution in [2.45, 2.75) is 0 Å². The molecule has 3 aromatic rings. The van der Waals surface area contributed by atoms with Gasteiger partial charge in [-0.05, 0) is 54.6 Å². The maximum absolute atomic E-state index is 8.81. The molecule has 0 spiro atoms. The number of rotatable bonds is 2. The van der Waals surface area contributed by atoms with Gasteiger partial charge in [-0.2, -0.15) is 10.5 Å². The molecule has 2 aromatic heterocycles. The lowest BCUT2D eigenvalue weighted by molar-refractivity contribution is 0.427. The Hall–Kier alpha value is -3.74. The third kappa shape index (κ3) is 5.14. The molecule has 2 heterocycles. The van der Waals surface area contributed by atoms with Gasteiger partial charge in [-0.3, -0.25) is 0 Å². The topological polar surface area (TPSA) is 56.8 Å². The van der Waals surface area contributed by atoms with Crippen LogP contribution >= 0.6 is 22.7 Å². The maximum atomic E-state index is 8.81. The van der Waals surface area contributed by atoms with Crippen LogP contribution in [0.25, 0.3) is 6.08 Å². The van der Waals surface area contributed by atoms with Crippen LogP contribution in [0.3, 0.4) is 0 Å². The van der Waals surface area contributed by atoms with E-state index in [0.717, 1.165) is 30.8 Å². The quantitative estimate of drug-likeness (QED) is 0.450. The normalized spacial score (nSPS) is 8.96. The molecule has 0 saturated carbocycles. The van der Waals surface area contributed by atoms with Crippen LogP contribution < -0.4 is 4.74 Å². The highest BCUT2D eigenvalue weighted by Crippen LogP contribution is 2.23.